The third kappa shape index (κ3) is 5.38. The molecule has 2 aromatic rings. The van der Waals surface area contributed by atoms with E-state index in [4.69, 9.17) is 9.47 Å². The average molecular weight is 339 g/mol. The van der Waals surface area contributed by atoms with Crippen molar-refractivity contribution in [3.05, 3.63) is 59.2 Å². The van der Waals surface area contributed by atoms with Crippen LogP contribution in [0.25, 0.3) is 6.08 Å². The minimum Gasteiger partial charge on any atom is -0.493 e. The third-order valence-corrected chi connectivity index (χ3v) is 3.73. The number of aryl methyl sites for hydroxylation is 2. The molecule has 4 heteroatoms. The SMILES string of the molecule is CCCOc1ccc(C=CC(=O)Nc2cc(C)ccc2C)cc1OC. The molecule has 0 unspecified atom stereocenters. The van der Waals surface area contributed by atoms with E-state index in [1.807, 2.05) is 50.2 Å². The Bertz CT molecular complexity index is 766. The number of ether oxygens (including phenoxy) is 2. The first-order chi connectivity index (χ1) is 12.0. The van der Waals surface area contributed by atoms with Gasteiger partial charge >= 0.3 is 0 Å². The number of nitrogens with one attached hydrogen (secondary N) is 1. The summed E-state index contributed by atoms with van der Waals surface area (Å²) in [5, 5.41) is 2.91. The fourth-order valence-corrected chi connectivity index (χ4v) is 2.34. The zero-order valence-corrected chi connectivity index (χ0v) is 15.3. The van der Waals surface area contributed by atoms with Gasteiger partial charge in [0.15, 0.2) is 11.5 Å². The fraction of sp³-hybridized carbons (Fsp3) is 0.286. The standard InChI is InChI=1S/C21H25NO3/c1-5-12-25-19-10-8-17(14-20(19)24-4)9-11-21(23)22-18-13-15(2)6-7-16(18)3/h6-11,13-14H,5,12H2,1-4H3,(H,22,23). The highest BCUT2D eigenvalue weighted by atomic mass is 16.5. The predicted octanol–water partition coefficient (Wildman–Crippen LogP) is 4.75. The van der Waals surface area contributed by atoms with Crippen LogP contribution in [0.3, 0.4) is 0 Å². The summed E-state index contributed by atoms with van der Waals surface area (Å²) >= 11 is 0. The number of hydrogen-bond donors (Lipinski definition) is 1. The van der Waals surface area contributed by atoms with E-state index in [0.717, 1.165) is 28.8 Å². The van der Waals surface area contributed by atoms with Crippen molar-refractivity contribution >= 4 is 17.7 Å². The van der Waals surface area contributed by atoms with Gasteiger partial charge in [-0.3, -0.25) is 4.79 Å². The highest BCUT2D eigenvalue weighted by Crippen LogP contribution is 2.28. The number of anilines is 1. The van der Waals surface area contributed by atoms with Gasteiger partial charge in [0.2, 0.25) is 5.91 Å². The Hall–Kier alpha value is -2.75. The van der Waals surface area contributed by atoms with Gasteiger partial charge < -0.3 is 14.8 Å². The van der Waals surface area contributed by atoms with E-state index in [0.29, 0.717) is 18.1 Å². The van der Waals surface area contributed by atoms with Gasteiger partial charge in [-0.05, 0) is 61.2 Å². The van der Waals surface area contributed by atoms with E-state index in [2.05, 4.69) is 12.2 Å². The number of rotatable bonds is 7. The number of benzene rings is 2. The Labute approximate surface area is 149 Å². The van der Waals surface area contributed by atoms with Crippen LogP contribution < -0.4 is 14.8 Å². The molecule has 1 N–H and O–H groups in total. The maximum absolute atomic E-state index is 12.2. The van der Waals surface area contributed by atoms with E-state index in [9.17, 15) is 4.79 Å². The maximum Gasteiger partial charge on any atom is 0.248 e. The highest BCUT2D eigenvalue weighted by molar-refractivity contribution is 6.02. The number of carbonyl (C=O) groups excluding carboxylic acids is 1. The van der Waals surface area contributed by atoms with Crippen molar-refractivity contribution in [3.63, 3.8) is 0 Å². The highest BCUT2D eigenvalue weighted by Gasteiger charge is 2.05. The fourth-order valence-electron chi connectivity index (χ4n) is 2.34. The molecule has 0 aliphatic heterocycles. The molecule has 0 saturated carbocycles. The Balaban J connectivity index is 2.07. The Kier molecular flexibility index (Phi) is 6.63. The van der Waals surface area contributed by atoms with Crippen LogP contribution in [0.2, 0.25) is 0 Å². The summed E-state index contributed by atoms with van der Waals surface area (Å²) in [5.74, 6) is 1.20. The largest absolute Gasteiger partial charge is 0.493 e. The molecule has 2 rings (SSSR count). The van der Waals surface area contributed by atoms with Crippen LogP contribution in [0.15, 0.2) is 42.5 Å². The van der Waals surface area contributed by atoms with Crippen LogP contribution in [0.1, 0.15) is 30.0 Å². The molecule has 132 valence electrons. The number of hydrogen-bond acceptors (Lipinski definition) is 3. The van der Waals surface area contributed by atoms with E-state index in [-0.39, 0.29) is 5.91 Å². The lowest BCUT2D eigenvalue weighted by Gasteiger charge is -2.10. The summed E-state index contributed by atoms with van der Waals surface area (Å²) < 4.78 is 11.0. The van der Waals surface area contributed by atoms with Crippen molar-refractivity contribution in [1.82, 2.24) is 0 Å². The van der Waals surface area contributed by atoms with Gasteiger partial charge in [-0.25, -0.2) is 0 Å². The quantitative estimate of drug-likeness (QED) is 0.740. The lowest BCUT2D eigenvalue weighted by molar-refractivity contribution is -0.111. The van der Waals surface area contributed by atoms with Crippen molar-refractivity contribution < 1.29 is 14.3 Å². The topological polar surface area (TPSA) is 47.6 Å². The Morgan fingerprint density at radius 1 is 1.12 bits per heavy atom. The maximum atomic E-state index is 12.2. The number of amides is 1. The van der Waals surface area contributed by atoms with Crippen molar-refractivity contribution in [2.24, 2.45) is 0 Å². The van der Waals surface area contributed by atoms with Crippen LogP contribution in [0.4, 0.5) is 5.69 Å². The second-order valence-electron chi connectivity index (χ2n) is 5.90. The molecule has 0 saturated heterocycles. The first-order valence-electron chi connectivity index (χ1n) is 8.40. The molecule has 0 aliphatic rings. The first-order valence-corrected chi connectivity index (χ1v) is 8.40. The average Bonchev–Trinajstić information content (AvgIpc) is 2.61. The van der Waals surface area contributed by atoms with Gasteiger partial charge in [0.05, 0.1) is 13.7 Å². The second-order valence-corrected chi connectivity index (χ2v) is 5.90. The van der Waals surface area contributed by atoms with Crippen LogP contribution in [0, 0.1) is 13.8 Å². The monoisotopic (exact) mass is 339 g/mol. The molecule has 0 heterocycles. The van der Waals surface area contributed by atoms with Gasteiger partial charge in [-0.15, -0.1) is 0 Å². The summed E-state index contributed by atoms with van der Waals surface area (Å²) in [7, 11) is 1.61. The molecule has 0 aliphatic carbocycles. The Morgan fingerprint density at radius 2 is 1.92 bits per heavy atom. The van der Waals surface area contributed by atoms with Crippen molar-refractivity contribution in [1.29, 1.82) is 0 Å². The molecule has 0 radical (unpaired) electrons. The van der Waals surface area contributed by atoms with Crippen molar-refractivity contribution in [2.45, 2.75) is 27.2 Å². The molecular formula is C21H25NO3. The van der Waals surface area contributed by atoms with Gasteiger partial charge in [0, 0.05) is 11.8 Å². The van der Waals surface area contributed by atoms with Gasteiger partial charge in [-0.2, -0.15) is 0 Å². The summed E-state index contributed by atoms with van der Waals surface area (Å²) in [5.41, 5.74) is 3.84. The normalized spacial score (nSPS) is 10.7. The molecule has 1 amide bonds. The van der Waals surface area contributed by atoms with Crippen LogP contribution >= 0.6 is 0 Å². The molecule has 0 aromatic heterocycles. The van der Waals surface area contributed by atoms with Crippen molar-refractivity contribution in [3.8, 4) is 11.5 Å². The van der Waals surface area contributed by atoms with E-state index in [1.165, 1.54) is 6.08 Å². The Morgan fingerprint density at radius 3 is 2.64 bits per heavy atom. The summed E-state index contributed by atoms with van der Waals surface area (Å²) in [6, 6.07) is 11.6. The lowest BCUT2D eigenvalue weighted by atomic mass is 10.1. The summed E-state index contributed by atoms with van der Waals surface area (Å²) in [6.45, 7) is 6.67. The zero-order chi connectivity index (χ0) is 18.2. The zero-order valence-electron chi connectivity index (χ0n) is 15.3. The predicted molar refractivity (Wildman–Crippen MR) is 102 cm³/mol. The van der Waals surface area contributed by atoms with Crippen LogP contribution in [-0.2, 0) is 4.79 Å². The summed E-state index contributed by atoms with van der Waals surface area (Å²) in [4.78, 5) is 12.2. The van der Waals surface area contributed by atoms with E-state index < -0.39 is 0 Å². The first kappa shape index (κ1) is 18.6. The number of methoxy groups -OCH3 is 1. The van der Waals surface area contributed by atoms with Gasteiger partial charge in [0.25, 0.3) is 0 Å². The molecule has 0 bridgehead atoms. The molecule has 0 atom stereocenters. The molecular weight excluding hydrogens is 314 g/mol. The lowest BCUT2D eigenvalue weighted by Crippen LogP contribution is -2.09. The molecule has 0 fully saturated rings. The van der Waals surface area contributed by atoms with Gasteiger partial charge in [0.1, 0.15) is 0 Å². The van der Waals surface area contributed by atoms with E-state index >= 15 is 0 Å². The summed E-state index contributed by atoms with van der Waals surface area (Å²) in [6.07, 6.45) is 4.21. The minimum absolute atomic E-state index is 0.168. The molecule has 0 spiro atoms. The van der Waals surface area contributed by atoms with E-state index in [1.54, 1.807) is 13.2 Å². The third-order valence-electron chi connectivity index (χ3n) is 3.73. The second kappa shape index (κ2) is 8.92. The molecule has 2 aromatic carbocycles. The molecule has 25 heavy (non-hydrogen) atoms. The van der Waals surface area contributed by atoms with Crippen molar-refractivity contribution in [2.75, 3.05) is 19.0 Å². The minimum atomic E-state index is -0.168. The van der Waals surface area contributed by atoms with Crippen LogP contribution in [-0.4, -0.2) is 19.6 Å². The molecule has 4 nitrogen and oxygen atoms in total. The number of carbonyl (C=O) groups is 1. The van der Waals surface area contributed by atoms with Gasteiger partial charge in [-0.1, -0.05) is 25.1 Å². The van der Waals surface area contributed by atoms with Crippen LogP contribution in [0.5, 0.6) is 11.5 Å². The smallest absolute Gasteiger partial charge is 0.248 e.